The molecule has 98 valence electrons. The van der Waals surface area contributed by atoms with Gasteiger partial charge in [0.1, 0.15) is 5.82 Å². The number of nitrogen functional groups attached to an aromatic ring is 1. The van der Waals surface area contributed by atoms with Gasteiger partial charge in [-0.1, -0.05) is 12.1 Å². The summed E-state index contributed by atoms with van der Waals surface area (Å²) in [5, 5.41) is 2.66. The minimum absolute atomic E-state index is 0.343. The van der Waals surface area contributed by atoms with Gasteiger partial charge in [-0.25, -0.2) is 9.18 Å². The van der Waals surface area contributed by atoms with E-state index in [0.29, 0.717) is 17.1 Å². The maximum Gasteiger partial charge on any atom is 0.326 e. The maximum atomic E-state index is 12.8. The standard InChI is InChI=1S/C14H14FN3O/c1-18(13-5-3-2-4-12(13)16)14(19)17-11-8-6-10(15)7-9-11/h2-9H,16H2,1H3,(H,17,19). The molecule has 2 amide bonds. The fraction of sp³-hybridized carbons (Fsp3) is 0.0714. The molecule has 0 aliphatic carbocycles. The van der Waals surface area contributed by atoms with Gasteiger partial charge in [0, 0.05) is 12.7 Å². The summed E-state index contributed by atoms with van der Waals surface area (Å²) in [6, 6.07) is 12.3. The van der Waals surface area contributed by atoms with E-state index < -0.39 is 0 Å². The number of benzene rings is 2. The highest BCUT2D eigenvalue weighted by Crippen LogP contribution is 2.21. The zero-order chi connectivity index (χ0) is 13.8. The summed E-state index contributed by atoms with van der Waals surface area (Å²) in [5.74, 6) is -0.348. The molecule has 2 aromatic rings. The van der Waals surface area contributed by atoms with Crippen molar-refractivity contribution in [1.29, 1.82) is 0 Å². The third-order valence-corrected chi connectivity index (χ3v) is 2.70. The number of amides is 2. The van der Waals surface area contributed by atoms with Crippen molar-refractivity contribution in [3.05, 3.63) is 54.3 Å². The molecule has 2 rings (SSSR count). The van der Waals surface area contributed by atoms with E-state index >= 15 is 0 Å². The van der Waals surface area contributed by atoms with Crippen LogP contribution in [0.2, 0.25) is 0 Å². The van der Waals surface area contributed by atoms with E-state index in [9.17, 15) is 9.18 Å². The Balaban J connectivity index is 2.12. The summed E-state index contributed by atoms with van der Waals surface area (Å²) in [4.78, 5) is 13.4. The predicted octanol–water partition coefficient (Wildman–Crippen LogP) is 3.08. The summed E-state index contributed by atoms with van der Waals surface area (Å²) >= 11 is 0. The Kier molecular flexibility index (Phi) is 3.66. The summed E-state index contributed by atoms with van der Waals surface area (Å²) in [5.41, 5.74) is 7.45. The smallest absolute Gasteiger partial charge is 0.326 e. The summed E-state index contributed by atoms with van der Waals surface area (Å²) in [6.07, 6.45) is 0. The van der Waals surface area contributed by atoms with E-state index in [2.05, 4.69) is 5.32 Å². The van der Waals surface area contributed by atoms with E-state index in [1.807, 2.05) is 0 Å². The normalized spacial score (nSPS) is 10.0. The third kappa shape index (κ3) is 3.01. The SMILES string of the molecule is CN(C(=O)Nc1ccc(F)cc1)c1ccccc1N. The molecule has 19 heavy (non-hydrogen) atoms. The zero-order valence-electron chi connectivity index (χ0n) is 10.4. The van der Waals surface area contributed by atoms with Gasteiger partial charge < -0.3 is 11.1 Å². The largest absolute Gasteiger partial charge is 0.397 e. The van der Waals surface area contributed by atoms with Crippen molar-refractivity contribution in [1.82, 2.24) is 0 Å². The molecule has 0 heterocycles. The number of anilines is 3. The van der Waals surface area contributed by atoms with E-state index in [-0.39, 0.29) is 11.8 Å². The highest BCUT2D eigenvalue weighted by Gasteiger charge is 2.12. The number of hydrogen-bond donors (Lipinski definition) is 2. The zero-order valence-corrected chi connectivity index (χ0v) is 10.4. The second-order valence-corrected chi connectivity index (χ2v) is 4.05. The molecule has 0 fully saturated rings. The molecule has 4 nitrogen and oxygen atoms in total. The van der Waals surface area contributed by atoms with Gasteiger partial charge in [0.15, 0.2) is 0 Å². The molecule has 0 bridgehead atoms. The number of hydrogen-bond acceptors (Lipinski definition) is 2. The molecule has 0 radical (unpaired) electrons. The van der Waals surface area contributed by atoms with Crippen molar-refractivity contribution in [2.24, 2.45) is 0 Å². The Labute approximate surface area is 110 Å². The van der Waals surface area contributed by atoms with Crippen LogP contribution in [0.1, 0.15) is 0 Å². The fourth-order valence-corrected chi connectivity index (χ4v) is 1.64. The molecular formula is C14H14FN3O. The van der Waals surface area contributed by atoms with Crippen molar-refractivity contribution in [2.45, 2.75) is 0 Å². The molecule has 0 unspecified atom stereocenters. The second kappa shape index (κ2) is 5.39. The van der Waals surface area contributed by atoms with Crippen molar-refractivity contribution < 1.29 is 9.18 Å². The Morgan fingerprint density at radius 3 is 2.42 bits per heavy atom. The molecule has 0 atom stereocenters. The summed E-state index contributed by atoms with van der Waals surface area (Å²) in [7, 11) is 1.62. The molecule has 0 saturated carbocycles. The highest BCUT2D eigenvalue weighted by molar-refractivity contribution is 6.03. The maximum absolute atomic E-state index is 12.8. The number of carbonyl (C=O) groups excluding carboxylic acids is 1. The second-order valence-electron chi connectivity index (χ2n) is 4.05. The van der Waals surface area contributed by atoms with Gasteiger partial charge in [-0.15, -0.1) is 0 Å². The fourth-order valence-electron chi connectivity index (χ4n) is 1.64. The minimum atomic E-state index is -0.348. The monoisotopic (exact) mass is 259 g/mol. The van der Waals surface area contributed by atoms with Gasteiger partial charge in [0.05, 0.1) is 11.4 Å². The number of nitrogens with one attached hydrogen (secondary N) is 1. The molecule has 3 N–H and O–H groups in total. The van der Waals surface area contributed by atoms with Crippen LogP contribution in [0.4, 0.5) is 26.2 Å². The summed E-state index contributed by atoms with van der Waals surface area (Å²) in [6.45, 7) is 0. The van der Waals surface area contributed by atoms with E-state index in [1.54, 1.807) is 31.3 Å². The molecule has 2 aromatic carbocycles. The van der Waals surface area contributed by atoms with Crippen molar-refractivity contribution in [2.75, 3.05) is 23.0 Å². The average Bonchev–Trinajstić information content (AvgIpc) is 2.41. The van der Waals surface area contributed by atoms with Crippen molar-refractivity contribution >= 4 is 23.1 Å². The topological polar surface area (TPSA) is 58.4 Å². The number of nitrogens with zero attached hydrogens (tertiary/aromatic N) is 1. The van der Waals surface area contributed by atoms with E-state index in [0.717, 1.165) is 0 Å². The quantitative estimate of drug-likeness (QED) is 0.814. The van der Waals surface area contributed by atoms with Crippen LogP contribution < -0.4 is 16.0 Å². The van der Waals surface area contributed by atoms with Crippen LogP contribution in [0.15, 0.2) is 48.5 Å². The number of nitrogens with two attached hydrogens (primary N) is 1. The number of para-hydroxylation sites is 2. The van der Waals surface area contributed by atoms with Gasteiger partial charge in [-0.05, 0) is 36.4 Å². The van der Waals surface area contributed by atoms with Gasteiger partial charge in [0.2, 0.25) is 0 Å². The van der Waals surface area contributed by atoms with Gasteiger partial charge >= 0.3 is 6.03 Å². The minimum Gasteiger partial charge on any atom is -0.397 e. The Bertz CT molecular complexity index is 583. The first kappa shape index (κ1) is 12.9. The molecule has 0 aliphatic heterocycles. The molecular weight excluding hydrogens is 245 g/mol. The average molecular weight is 259 g/mol. The number of rotatable bonds is 2. The van der Waals surface area contributed by atoms with Crippen LogP contribution in [0.5, 0.6) is 0 Å². The molecule has 0 aliphatic rings. The lowest BCUT2D eigenvalue weighted by atomic mass is 10.2. The lowest BCUT2D eigenvalue weighted by molar-refractivity contribution is 0.258. The Morgan fingerprint density at radius 2 is 1.79 bits per heavy atom. The van der Waals surface area contributed by atoms with E-state index in [4.69, 9.17) is 5.73 Å². The summed E-state index contributed by atoms with van der Waals surface area (Å²) < 4.78 is 12.8. The van der Waals surface area contributed by atoms with Crippen LogP contribution in [0.3, 0.4) is 0 Å². The number of carbonyl (C=O) groups is 1. The van der Waals surface area contributed by atoms with Gasteiger partial charge in [-0.3, -0.25) is 4.90 Å². The molecule has 5 heteroatoms. The lowest BCUT2D eigenvalue weighted by Crippen LogP contribution is -2.31. The molecule has 0 aromatic heterocycles. The third-order valence-electron chi connectivity index (χ3n) is 2.70. The number of urea groups is 1. The van der Waals surface area contributed by atoms with Crippen LogP contribution in [0.25, 0.3) is 0 Å². The van der Waals surface area contributed by atoms with Crippen molar-refractivity contribution in [3.63, 3.8) is 0 Å². The van der Waals surface area contributed by atoms with Crippen LogP contribution >= 0.6 is 0 Å². The Morgan fingerprint density at radius 1 is 1.16 bits per heavy atom. The van der Waals surface area contributed by atoms with Crippen LogP contribution in [-0.2, 0) is 0 Å². The van der Waals surface area contributed by atoms with E-state index in [1.165, 1.54) is 29.2 Å². The highest BCUT2D eigenvalue weighted by atomic mass is 19.1. The molecule has 0 saturated heterocycles. The van der Waals surface area contributed by atoms with Crippen molar-refractivity contribution in [3.8, 4) is 0 Å². The van der Waals surface area contributed by atoms with Crippen LogP contribution in [0, 0.1) is 5.82 Å². The molecule has 0 spiro atoms. The first-order chi connectivity index (χ1) is 9.08. The first-order valence-electron chi connectivity index (χ1n) is 5.72. The first-order valence-corrected chi connectivity index (χ1v) is 5.72. The van der Waals surface area contributed by atoms with Gasteiger partial charge in [0.25, 0.3) is 0 Å². The number of halogens is 1. The lowest BCUT2D eigenvalue weighted by Gasteiger charge is -2.19. The van der Waals surface area contributed by atoms with Crippen LogP contribution in [-0.4, -0.2) is 13.1 Å². The van der Waals surface area contributed by atoms with Gasteiger partial charge in [-0.2, -0.15) is 0 Å². The Hall–Kier alpha value is -2.56. The predicted molar refractivity (Wildman–Crippen MR) is 74.7 cm³/mol.